The number of hydrogen-bond acceptors (Lipinski definition) is 4. The lowest BCUT2D eigenvalue weighted by Gasteiger charge is -2.09. The van der Waals surface area contributed by atoms with Crippen LogP contribution in [0.2, 0.25) is 0 Å². The van der Waals surface area contributed by atoms with Gasteiger partial charge in [-0.15, -0.1) is 0 Å². The Morgan fingerprint density at radius 3 is 2.57 bits per heavy atom. The van der Waals surface area contributed by atoms with Gasteiger partial charge in [-0.3, -0.25) is 0 Å². The maximum atomic E-state index is 5.84. The second-order valence-corrected chi connectivity index (χ2v) is 4.70. The lowest BCUT2D eigenvalue weighted by atomic mass is 10.1. The van der Waals surface area contributed by atoms with Crippen LogP contribution >= 0.6 is 0 Å². The molecule has 4 nitrogen and oxygen atoms in total. The van der Waals surface area contributed by atoms with Crippen molar-refractivity contribution < 1.29 is 13.9 Å². The Labute approximate surface area is 123 Å². The third-order valence-corrected chi connectivity index (χ3v) is 3.43. The number of ether oxygens (including phenoxy) is 2. The molecule has 0 unspecified atom stereocenters. The highest BCUT2D eigenvalue weighted by Gasteiger charge is 2.10. The van der Waals surface area contributed by atoms with Gasteiger partial charge < -0.3 is 19.6 Å². The van der Waals surface area contributed by atoms with Gasteiger partial charge in [0.1, 0.15) is 12.2 Å². The van der Waals surface area contributed by atoms with Crippen LogP contribution in [0.4, 0.5) is 0 Å². The molecular weight excluding hydrogens is 266 g/mol. The van der Waals surface area contributed by atoms with Crippen molar-refractivity contribution in [2.75, 3.05) is 7.11 Å². The lowest BCUT2D eigenvalue weighted by molar-refractivity contribution is 0.284. The van der Waals surface area contributed by atoms with E-state index in [9.17, 15) is 0 Å². The number of benzene rings is 2. The maximum absolute atomic E-state index is 5.84. The fraction of sp³-hybridized carbons (Fsp3) is 0.176. The second kappa shape index (κ2) is 5.89. The summed E-state index contributed by atoms with van der Waals surface area (Å²) in [5.74, 6) is 1.43. The SMILES string of the molecule is COc1ccccc1OCc1coc2c(CN)cccc12. The third kappa shape index (κ3) is 2.58. The molecule has 0 aliphatic rings. The molecule has 0 fully saturated rings. The summed E-state index contributed by atoms with van der Waals surface area (Å²) in [5.41, 5.74) is 8.54. The average Bonchev–Trinajstić information content (AvgIpc) is 2.96. The van der Waals surface area contributed by atoms with Gasteiger partial charge in [0.15, 0.2) is 11.5 Å². The van der Waals surface area contributed by atoms with Crippen molar-refractivity contribution in [2.45, 2.75) is 13.2 Å². The van der Waals surface area contributed by atoms with Gasteiger partial charge in [0, 0.05) is 23.1 Å². The third-order valence-electron chi connectivity index (χ3n) is 3.43. The van der Waals surface area contributed by atoms with E-state index in [-0.39, 0.29) is 0 Å². The molecule has 2 aromatic carbocycles. The van der Waals surface area contributed by atoms with Crippen LogP contribution in [0.15, 0.2) is 53.1 Å². The number of nitrogens with two attached hydrogens (primary N) is 1. The zero-order valence-electron chi connectivity index (χ0n) is 11.8. The van der Waals surface area contributed by atoms with E-state index in [4.69, 9.17) is 19.6 Å². The van der Waals surface area contributed by atoms with Gasteiger partial charge >= 0.3 is 0 Å². The van der Waals surface area contributed by atoms with Gasteiger partial charge in [0.2, 0.25) is 0 Å². The summed E-state index contributed by atoms with van der Waals surface area (Å²) in [7, 11) is 1.63. The van der Waals surface area contributed by atoms with Crippen molar-refractivity contribution in [3.63, 3.8) is 0 Å². The zero-order chi connectivity index (χ0) is 14.7. The van der Waals surface area contributed by atoms with Crippen molar-refractivity contribution in [3.8, 4) is 11.5 Å². The van der Waals surface area contributed by atoms with E-state index in [2.05, 4.69) is 0 Å². The average molecular weight is 283 g/mol. The fourth-order valence-electron chi connectivity index (χ4n) is 2.34. The van der Waals surface area contributed by atoms with Crippen LogP contribution in [0.25, 0.3) is 11.0 Å². The molecular formula is C17H17NO3. The molecule has 0 aliphatic heterocycles. The minimum Gasteiger partial charge on any atom is -0.493 e. The standard InChI is InChI=1S/C17H17NO3/c1-19-15-7-2-3-8-16(15)20-10-13-11-21-17-12(9-18)5-4-6-14(13)17/h2-8,11H,9-10,18H2,1H3. The molecule has 1 heterocycles. The summed E-state index contributed by atoms with van der Waals surface area (Å²) in [6.07, 6.45) is 1.72. The van der Waals surface area contributed by atoms with Crippen LogP contribution in [0.5, 0.6) is 11.5 Å². The van der Waals surface area contributed by atoms with Crippen LogP contribution < -0.4 is 15.2 Å². The first-order valence-corrected chi connectivity index (χ1v) is 6.77. The highest BCUT2D eigenvalue weighted by molar-refractivity contribution is 5.83. The predicted octanol–water partition coefficient (Wildman–Crippen LogP) is 3.48. The summed E-state index contributed by atoms with van der Waals surface area (Å²) in [6.45, 7) is 0.874. The Morgan fingerprint density at radius 1 is 1.00 bits per heavy atom. The number of hydrogen-bond donors (Lipinski definition) is 1. The smallest absolute Gasteiger partial charge is 0.161 e. The summed E-state index contributed by atoms with van der Waals surface area (Å²) in [6, 6.07) is 13.5. The molecule has 3 rings (SSSR count). The maximum Gasteiger partial charge on any atom is 0.161 e. The topological polar surface area (TPSA) is 57.6 Å². The molecule has 0 bridgehead atoms. The van der Waals surface area contributed by atoms with E-state index >= 15 is 0 Å². The minimum atomic E-state index is 0.418. The van der Waals surface area contributed by atoms with E-state index in [0.29, 0.717) is 24.7 Å². The molecule has 1 aromatic heterocycles. The Morgan fingerprint density at radius 2 is 1.81 bits per heavy atom. The Kier molecular flexibility index (Phi) is 3.79. The molecule has 0 atom stereocenters. The Bertz CT molecular complexity index is 749. The second-order valence-electron chi connectivity index (χ2n) is 4.70. The molecule has 0 amide bonds. The summed E-state index contributed by atoms with van der Waals surface area (Å²) in [5, 5.41) is 1.04. The molecule has 0 saturated carbocycles. The van der Waals surface area contributed by atoms with Crippen LogP contribution in [-0.4, -0.2) is 7.11 Å². The van der Waals surface area contributed by atoms with Crippen LogP contribution in [0.1, 0.15) is 11.1 Å². The highest BCUT2D eigenvalue weighted by atomic mass is 16.5. The summed E-state index contributed by atoms with van der Waals surface area (Å²) >= 11 is 0. The molecule has 0 radical (unpaired) electrons. The van der Waals surface area contributed by atoms with E-state index in [1.54, 1.807) is 13.4 Å². The molecule has 0 aliphatic carbocycles. The van der Waals surface area contributed by atoms with Crippen molar-refractivity contribution in [1.82, 2.24) is 0 Å². The molecule has 0 spiro atoms. The molecule has 0 saturated heterocycles. The first-order chi connectivity index (χ1) is 10.3. The van der Waals surface area contributed by atoms with Crippen LogP contribution in [0, 0.1) is 0 Å². The first-order valence-electron chi connectivity index (χ1n) is 6.77. The highest BCUT2D eigenvalue weighted by Crippen LogP contribution is 2.29. The van der Waals surface area contributed by atoms with Gasteiger partial charge in [-0.2, -0.15) is 0 Å². The normalized spacial score (nSPS) is 10.8. The largest absolute Gasteiger partial charge is 0.493 e. The Hall–Kier alpha value is -2.46. The zero-order valence-corrected chi connectivity index (χ0v) is 11.8. The van der Waals surface area contributed by atoms with Gasteiger partial charge in [-0.25, -0.2) is 0 Å². The van der Waals surface area contributed by atoms with Gasteiger partial charge in [-0.1, -0.05) is 30.3 Å². The predicted molar refractivity (Wildman–Crippen MR) is 81.4 cm³/mol. The molecule has 21 heavy (non-hydrogen) atoms. The summed E-state index contributed by atoms with van der Waals surface area (Å²) < 4.78 is 16.7. The van der Waals surface area contributed by atoms with E-state index < -0.39 is 0 Å². The van der Waals surface area contributed by atoms with Crippen molar-refractivity contribution >= 4 is 11.0 Å². The molecule has 3 aromatic rings. The molecule has 108 valence electrons. The lowest BCUT2D eigenvalue weighted by Crippen LogP contribution is -1.98. The van der Waals surface area contributed by atoms with E-state index in [1.165, 1.54) is 0 Å². The first kappa shape index (κ1) is 13.5. The van der Waals surface area contributed by atoms with Crippen LogP contribution in [-0.2, 0) is 13.2 Å². The molecule has 4 heteroatoms. The van der Waals surface area contributed by atoms with Crippen molar-refractivity contribution in [3.05, 3.63) is 59.9 Å². The summed E-state index contributed by atoms with van der Waals surface area (Å²) in [4.78, 5) is 0. The molecule has 2 N–H and O–H groups in total. The number of fused-ring (bicyclic) bond motifs is 1. The number of methoxy groups -OCH3 is 1. The number of furan rings is 1. The minimum absolute atomic E-state index is 0.418. The van der Waals surface area contributed by atoms with Crippen molar-refractivity contribution in [1.29, 1.82) is 0 Å². The fourth-order valence-corrected chi connectivity index (χ4v) is 2.34. The number of rotatable bonds is 5. The Balaban J connectivity index is 1.86. The van der Waals surface area contributed by atoms with E-state index in [0.717, 1.165) is 22.1 Å². The van der Waals surface area contributed by atoms with E-state index in [1.807, 2.05) is 42.5 Å². The quantitative estimate of drug-likeness (QED) is 0.779. The monoisotopic (exact) mass is 283 g/mol. The van der Waals surface area contributed by atoms with Gasteiger partial charge in [0.05, 0.1) is 13.4 Å². The van der Waals surface area contributed by atoms with Gasteiger partial charge in [0.25, 0.3) is 0 Å². The van der Waals surface area contributed by atoms with Crippen molar-refractivity contribution in [2.24, 2.45) is 5.73 Å². The number of para-hydroxylation sites is 3. The van der Waals surface area contributed by atoms with Crippen LogP contribution in [0.3, 0.4) is 0 Å². The van der Waals surface area contributed by atoms with Gasteiger partial charge in [-0.05, 0) is 12.1 Å².